The van der Waals surface area contributed by atoms with Crippen molar-refractivity contribution in [1.82, 2.24) is 4.72 Å². The van der Waals surface area contributed by atoms with E-state index in [0.717, 1.165) is 12.8 Å². The van der Waals surface area contributed by atoms with Crippen molar-refractivity contribution in [2.75, 3.05) is 12.4 Å². The largest absolute Gasteiger partial charge is 0.481 e. The molecule has 1 aromatic carbocycles. The minimum absolute atomic E-state index is 0.0153. The molecular weight excluding hydrogens is 280 g/mol. The third-order valence-electron chi connectivity index (χ3n) is 3.37. The van der Waals surface area contributed by atoms with Crippen LogP contribution in [0.4, 0.5) is 5.69 Å². The Morgan fingerprint density at radius 1 is 1.40 bits per heavy atom. The van der Waals surface area contributed by atoms with Crippen LogP contribution in [0.3, 0.4) is 0 Å². The number of hydrogen-bond donors (Lipinski definition) is 3. The Labute approximate surface area is 118 Å². The van der Waals surface area contributed by atoms with Gasteiger partial charge in [-0.1, -0.05) is 12.1 Å². The number of carboxylic acid groups (broad SMARTS) is 1. The van der Waals surface area contributed by atoms with Crippen molar-refractivity contribution in [2.45, 2.75) is 30.2 Å². The van der Waals surface area contributed by atoms with Gasteiger partial charge in [0.1, 0.15) is 4.90 Å². The van der Waals surface area contributed by atoms with Gasteiger partial charge in [0, 0.05) is 6.04 Å². The predicted octanol–water partition coefficient (Wildman–Crippen LogP) is 1.26. The van der Waals surface area contributed by atoms with Crippen LogP contribution in [0.25, 0.3) is 0 Å². The molecule has 0 spiro atoms. The molecule has 0 heterocycles. The van der Waals surface area contributed by atoms with Crippen LogP contribution in [0, 0.1) is 5.92 Å². The number of nitrogens with one attached hydrogen (secondary N) is 2. The van der Waals surface area contributed by atoms with Crippen LogP contribution in [0.5, 0.6) is 0 Å². The highest BCUT2D eigenvalue weighted by Crippen LogP contribution is 2.36. The predicted molar refractivity (Wildman–Crippen MR) is 75.1 cm³/mol. The molecule has 0 bridgehead atoms. The molecule has 0 saturated heterocycles. The van der Waals surface area contributed by atoms with E-state index >= 15 is 0 Å². The monoisotopic (exact) mass is 298 g/mol. The van der Waals surface area contributed by atoms with Crippen LogP contribution < -0.4 is 10.0 Å². The molecule has 1 aliphatic rings. The zero-order chi connectivity index (χ0) is 14.8. The number of anilines is 1. The number of benzene rings is 1. The molecule has 20 heavy (non-hydrogen) atoms. The van der Waals surface area contributed by atoms with Crippen molar-refractivity contribution < 1.29 is 18.3 Å². The molecule has 1 atom stereocenters. The van der Waals surface area contributed by atoms with Crippen LogP contribution >= 0.6 is 0 Å². The molecule has 1 saturated carbocycles. The smallest absolute Gasteiger partial charge is 0.305 e. The Morgan fingerprint density at radius 2 is 2.05 bits per heavy atom. The Hall–Kier alpha value is -1.60. The molecule has 2 rings (SSSR count). The molecule has 3 N–H and O–H groups in total. The quantitative estimate of drug-likeness (QED) is 0.704. The van der Waals surface area contributed by atoms with Crippen molar-refractivity contribution in [1.29, 1.82) is 0 Å². The third-order valence-corrected chi connectivity index (χ3v) is 4.84. The number of para-hydroxylation sites is 1. The van der Waals surface area contributed by atoms with E-state index in [-0.39, 0.29) is 17.4 Å². The minimum atomic E-state index is -3.57. The summed E-state index contributed by atoms with van der Waals surface area (Å²) in [6.45, 7) is 0. The number of sulfonamides is 1. The van der Waals surface area contributed by atoms with Gasteiger partial charge in [0.05, 0.1) is 12.1 Å². The summed E-state index contributed by atoms with van der Waals surface area (Å²) in [4.78, 5) is 11.0. The maximum Gasteiger partial charge on any atom is 0.305 e. The highest BCUT2D eigenvalue weighted by Gasteiger charge is 2.33. The lowest BCUT2D eigenvalue weighted by atomic mass is 10.1. The van der Waals surface area contributed by atoms with Gasteiger partial charge < -0.3 is 10.4 Å². The zero-order valence-corrected chi connectivity index (χ0v) is 12.0. The maximum atomic E-state index is 11.9. The molecule has 110 valence electrons. The summed E-state index contributed by atoms with van der Waals surface area (Å²) in [6.07, 6.45) is 1.94. The second-order valence-corrected chi connectivity index (χ2v) is 6.74. The molecule has 1 aromatic rings. The lowest BCUT2D eigenvalue weighted by Gasteiger charge is -2.19. The van der Waals surface area contributed by atoms with Gasteiger partial charge in [-0.25, -0.2) is 13.1 Å². The maximum absolute atomic E-state index is 11.9. The first kappa shape index (κ1) is 14.8. The molecule has 6 nitrogen and oxygen atoms in total. The van der Waals surface area contributed by atoms with Gasteiger partial charge in [-0.3, -0.25) is 4.79 Å². The van der Waals surface area contributed by atoms with Gasteiger partial charge >= 0.3 is 5.97 Å². The summed E-state index contributed by atoms with van der Waals surface area (Å²) in [7, 11) is -2.22. The van der Waals surface area contributed by atoms with Crippen molar-refractivity contribution in [3.63, 3.8) is 0 Å². The third kappa shape index (κ3) is 3.49. The van der Waals surface area contributed by atoms with E-state index in [0.29, 0.717) is 11.6 Å². The van der Waals surface area contributed by atoms with Crippen LogP contribution in [-0.4, -0.2) is 32.6 Å². The number of carboxylic acids is 1. The van der Waals surface area contributed by atoms with Crippen molar-refractivity contribution >= 4 is 21.7 Å². The number of hydrogen-bond acceptors (Lipinski definition) is 4. The Bertz CT molecular complexity index is 596. The fraction of sp³-hybridized carbons (Fsp3) is 0.462. The summed E-state index contributed by atoms with van der Waals surface area (Å²) in [5.74, 6) is -0.584. The molecule has 0 radical (unpaired) electrons. The lowest BCUT2D eigenvalue weighted by molar-refractivity contribution is -0.137. The standard InChI is InChI=1S/C13H18N2O4S/c1-14-20(18,19)12-5-3-2-4-10(12)15-11(8-13(16)17)9-6-7-9/h2-5,9,11,14-15H,6-8H2,1H3,(H,16,17). The first-order valence-electron chi connectivity index (χ1n) is 6.45. The number of carbonyl (C=O) groups is 1. The van der Waals surface area contributed by atoms with E-state index in [1.165, 1.54) is 13.1 Å². The second-order valence-electron chi connectivity index (χ2n) is 4.89. The van der Waals surface area contributed by atoms with Gasteiger partial charge in [-0.05, 0) is 37.9 Å². The van der Waals surface area contributed by atoms with E-state index in [2.05, 4.69) is 10.0 Å². The zero-order valence-electron chi connectivity index (χ0n) is 11.2. The summed E-state index contributed by atoms with van der Waals surface area (Å²) in [5, 5.41) is 12.0. The lowest BCUT2D eigenvalue weighted by Crippen LogP contribution is -2.27. The van der Waals surface area contributed by atoms with Crippen molar-refractivity contribution in [2.24, 2.45) is 5.92 Å². The summed E-state index contributed by atoms with van der Waals surface area (Å²) >= 11 is 0. The number of aliphatic carboxylic acids is 1. The second kappa shape index (κ2) is 5.80. The van der Waals surface area contributed by atoms with E-state index < -0.39 is 16.0 Å². The molecule has 0 aromatic heterocycles. The molecule has 1 unspecified atom stereocenters. The fourth-order valence-corrected chi connectivity index (χ4v) is 3.05. The minimum Gasteiger partial charge on any atom is -0.481 e. The Balaban J connectivity index is 2.26. The SMILES string of the molecule is CNS(=O)(=O)c1ccccc1NC(CC(=O)O)C1CC1. The molecule has 1 fully saturated rings. The van der Waals surface area contributed by atoms with Crippen LogP contribution in [-0.2, 0) is 14.8 Å². The van der Waals surface area contributed by atoms with Gasteiger partial charge in [0.2, 0.25) is 10.0 Å². The Kier molecular flexibility index (Phi) is 4.29. The summed E-state index contributed by atoms with van der Waals surface area (Å²) in [6, 6.07) is 6.28. The summed E-state index contributed by atoms with van der Waals surface area (Å²) < 4.78 is 26.2. The average Bonchev–Trinajstić information content (AvgIpc) is 3.22. The normalized spacial score (nSPS) is 16.6. The van der Waals surface area contributed by atoms with Gasteiger partial charge in [0.25, 0.3) is 0 Å². The van der Waals surface area contributed by atoms with Crippen LogP contribution in [0.15, 0.2) is 29.2 Å². The van der Waals surface area contributed by atoms with E-state index in [1.807, 2.05) is 0 Å². The van der Waals surface area contributed by atoms with Crippen molar-refractivity contribution in [3.05, 3.63) is 24.3 Å². The topological polar surface area (TPSA) is 95.5 Å². The first-order valence-corrected chi connectivity index (χ1v) is 7.93. The van der Waals surface area contributed by atoms with E-state index in [9.17, 15) is 13.2 Å². The fourth-order valence-electron chi connectivity index (χ4n) is 2.15. The molecule has 0 aliphatic heterocycles. The van der Waals surface area contributed by atoms with Gasteiger partial charge in [-0.15, -0.1) is 0 Å². The van der Waals surface area contributed by atoms with E-state index in [4.69, 9.17) is 5.11 Å². The summed E-state index contributed by atoms with van der Waals surface area (Å²) in [5.41, 5.74) is 0.444. The first-order chi connectivity index (χ1) is 9.44. The Morgan fingerprint density at radius 3 is 2.60 bits per heavy atom. The van der Waals surface area contributed by atoms with E-state index in [1.54, 1.807) is 18.2 Å². The highest BCUT2D eigenvalue weighted by atomic mass is 32.2. The highest BCUT2D eigenvalue weighted by molar-refractivity contribution is 7.89. The van der Waals surface area contributed by atoms with Gasteiger partial charge in [0.15, 0.2) is 0 Å². The molecule has 7 heteroatoms. The molecular formula is C13H18N2O4S. The van der Waals surface area contributed by atoms with Crippen LogP contribution in [0.1, 0.15) is 19.3 Å². The number of rotatable bonds is 7. The average molecular weight is 298 g/mol. The van der Waals surface area contributed by atoms with Crippen molar-refractivity contribution in [3.8, 4) is 0 Å². The van der Waals surface area contributed by atoms with Gasteiger partial charge in [-0.2, -0.15) is 0 Å². The molecule has 0 amide bonds. The van der Waals surface area contributed by atoms with Crippen LogP contribution in [0.2, 0.25) is 0 Å². The molecule has 1 aliphatic carbocycles.